The molecule has 22 heavy (non-hydrogen) atoms. The van der Waals surface area contributed by atoms with Crippen LogP contribution in [0.5, 0.6) is 0 Å². The number of allylic oxidation sites excluding steroid dienone is 4. The van der Waals surface area contributed by atoms with Crippen molar-refractivity contribution in [3.63, 3.8) is 0 Å². The van der Waals surface area contributed by atoms with Crippen molar-refractivity contribution >= 4 is 5.78 Å². The van der Waals surface area contributed by atoms with Gasteiger partial charge in [0.1, 0.15) is 0 Å². The lowest BCUT2D eigenvalue weighted by Gasteiger charge is -2.29. The van der Waals surface area contributed by atoms with Crippen molar-refractivity contribution < 1.29 is 4.79 Å². The van der Waals surface area contributed by atoms with Crippen molar-refractivity contribution in [2.24, 2.45) is 23.7 Å². The van der Waals surface area contributed by atoms with E-state index in [0.717, 1.165) is 43.1 Å². The van der Waals surface area contributed by atoms with Crippen LogP contribution in [0, 0.1) is 23.7 Å². The van der Waals surface area contributed by atoms with E-state index in [1.54, 1.807) is 0 Å². The summed E-state index contributed by atoms with van der Waals surface area (Å²) in [5, 5.41) is 0. The van der Waals surface area contributed by atoms with Crippen LogP contribution in [0.15, 0.2) is 23.3 Å². The molecule has 0 aliphatic heterocycles. The van der Waals surface area contributed by atoms with E-state index >= 15 is 0 Å². The molecule has 0 N–H and O–H groups in total. The zero-order valence-electron chi connectivity index (χ0n) is 15.0. The second kappa shape index (κ2) is 8.13. The first-order valence-electron chi connectivity index (χ1n) is 9.35. The number of carbonyl (C=O) groups excluding carboxylic acids is 1. The molecule has 124 valence electrons. The van der Waals surface area contributed by atoms with Gasteiger partial charge >= 0.3 is 0 Å². The van der Waals surface area contributed by atoms with Crippen LogP contribution in [0.3, 0.4) is 0 Å². The molecule has 0 bridgehead atoms. The minimum Gasteiger partial charge on any atom is -0.294 e. The summed E-state index contributed by atoms with van der Waals surface area (Å²) in [6.07, 6.45) is 14.1. The first kappa shape index (κ1) is 17.5. The Morgan fingerprint density at radius 2 is 1.82 bits per heavy atom. The van der Waals surface area contributed by atoms with Gasteiger partial charge in [-0.2, -0.15) is 0 Å². The molecule has 1 nitrogen and oxygen atoms in total. The van der Waals surface area contributed by atoms with Gasteiger partial charge in [-0.1, -0.05) is 31.6 Å². The van der Waals surface area contributed by atoms with Crippen molar-refractivity contribution in [3.8, 4) is 0 Å². The van der Waals surface area contributed by atoms with Gasteiger partial charge < -0.3 is 0 Å². The number of hydrogen-bond donors (Lipinski definition) is 0. The Hall–Kier alpha value is -0.850. The fourth-order valence-corrected chi connectivity index (χ4v) is 4.18. The molecule has 2 aliphatic rings. The first-order valence-corrected chi connectivity index (χ1v) is 9.35. The molecule has 0 radical (unpaired) electrons. The normalized spacial score (nSPS) is 30.9. The van der Waals surface area contributed by atoms with Crippen LogP contribution in [0.25, 0.3) is 0 Å². The van der Waals surface area contributed by atoms with E-state index in [2.05, 4.69) is 39.8 Å². The van der Waals surface area contributed by atoms with E-state index in [1.807, 2.05) is 0 Å². The monoisotopic (exact) mass is 302 g/mol. The lowest BCUT2D eigenvalue weighted by molar-refractivity contribution is -0.119. The molecule has 1 unspecified atom stereocenters. The van der Waals surface area contributed by atoms with Crippen LogP contribution >= 0.6 is 0 Å². The summed E-state index contributed by atoms with van der Waals surface area (Å²) in [4.78, 5) is 12.7. The molecule has 2 rings (SSSR count). The summed E-state index contributed by atoms with van der Waals surface area (Å²) < 4.78 is 0. The molecular formula is C21H34O. The summed E-state index contributed by atoms with van der Waals surface area (Å²) in [5.74, 6) is 3.04. The van der Waals surface area contributed by atoms with Crippen molar-refractivity contribution in [1.29, 1.82) is 0 Å². The number of Topliss-reactive ketones (excluding diaryl/α,β-unsaturated/α-hetero) is 1. The molecule has 0 amide bonds. The summed E-state index contributed by atoms with van der Waals surface area (Å²) >= 11 is 0. The Kier molecular flexibility index (Phi) is 6.47. The Bertz CT molecular complexity index is 433. The van der Waals surface area contributed by atoms with Gasteiger partial charge in [0.05, 0.1) is 0 Å². The number of ketones is 1. The highest BCUT2D eigenvalue weighted by Crippen LogP contribution is 2.35. The van der Waals surface area contributed by atoms with Crippen LogP contribution in [0.2, 0.25) is 0 Å². The maximum atomic E-state index is 12.7. The van der Waals surface area contributed by atoms with Crippen molar-refractivity contribution in [3.05, 3.63) is 23.3 Å². The van der Waals surface area contributed by atoms with Gasteiger partial charge in [-0.05, 0) is 88.5 Å². The lowest BCUT2D eigenvalue weighted by atomic mass is 9.76. The minimum atomic E-state index is 0.261. The molecule has 0 spiro atoms. The fraction of sp³-hybridized carbons (Fsp3) is 0.762. The molecule has 2 aliphatic carbocycles. The molecule has 0 aromatic heterocycles. The van der Waals surface area contributed by atoms with E-state index in [4.69, 9.17) is 0 Å². The summed E-state index contributed by atoms with van der Waals surface area (Å²) in [6.45, 7) is 8.94. The topological polar surface area (TPSA) is 17.1 Å². The zero-order chi connectivity index (χ0) is 16.1. The highest BCUT2D eigenvalue weighted by atomic mass is 16.1. The lowest BCUT2D eigenvalue weighted by Crippen LogP contribution is -2.19. The summed E-state index contributed by atoms with van der Waals surface area (Å²) in [5.41, 5.74) is 2.50. The maximum absolute atomic E-state index is 12.7. The third-order valence-corrected chi connectivity index (χ3v) is 5.90. The third-order valence-electron chi connectivity index (χ3n) is 5.90. The van der Waals surface area contributed by atoms with Crippen LogP contribution in [-0.2, 0) is 4.79 Å². The summed E-state index contributed by atoms with van der Waals surface area (Å²) in [7, 11) is 0. The van der Waals surface area contributed by atoms with Gasteiger partial charge in [0, 0.05) is 5.92 Å². The molecule has 1 saturated carbocycles. The van der Waals surface area contributed by atoms with Gasteiger partial charge in [-0.15, -0.1) is 0 Å². The minimum absolute atomic E-state index is 0.261. The Balaban J connectivity index is 1.88. The van der Waals surface area contributed by atoms with E-state index in [1.165, 1.54) is 31.3 Å². The molecule has 0 saturated heterocycles. The average Bonchev–Trinajstić information content (AvgIpc) is 2.71. The predicted octanol–water partition coefficient (Wildman–Crippen LogP) is 6.10. The van der Waals surface area contributed by atoms with E-state index in [-0.39, 0.29) is 5.92 Å². The number of hydrogen-bond acceptors (Lipinski definition) is 1. The van der Waals surface area contributed by atoms with Gasteiger partial charge in [-0.3, -0.25) is 4.79 Å². The van der Waals surface area contributed by atoms with Crippen LogP contribution < -0.4 is 0 Å². The smallest absolute Gasteiger partial charge is 0.161 e. The highest BCUT2D eigenvalue weighted by molar-refractivity contribution is 5.96. The third kappa shape index (κ3) is 4.83. The summed E-state index contributed by atoms with van der Waals surface area (Å²) in [6, 6.07) is 0. The molecular weight excluding hydrogens is 268 g/mol. The Labute approximate surface area is 137 Å². The molecule has 1 heteroatoms. The maximum Gasteiger partial charge on any atom is 0.161 e. The van der Waals surface area contributed by atoms with E-state index in [0.29, 0.717) is 11.7 Å². The van der Waals surface area contributed by atoms with E-state index in [9.17, 15) is 4.79 Å². The van der Waals surface area contributed by atoms with Crippen LogP contribution in [0.4, 0.5) is 0 Å². The molecule has 0 aromatic carbocycles. The second-order valence-corrected chi connectivity index (χ2v) is 8.00. The van der Waals surface area contributed by atoms with Gasteiger partial charge in [-0.25, -0.2) is 0 Å². The molecule has 0 aromatic rings. The predicted molar refractivity (Wildman–Crippen MR) is 94.8 cm³/mol. The van der Waals surface area contributed by atoms with Crippen LogP contribution in [-0.4, -0.2) is 5.78 Å². The standard InChI is InChI=1S/C21H34O/c1-15(2)19-12-9-18(10-13-19)14-17(4)21(22)20-7-5-6-16(3)8-11-20/h6,14-15,18-20H,5,7-13H2,1-4H3. The van der Waals surface area contributed by atoms with Gasteiger partial charge in [0.15, 0.2) is 5.78 Å². The largest absolute Gasteiger partial charge is 0.294 e. The highest BCUT2D eigenvalue weighted by Gasteiger charge is 2.24. The second-order valence-electron chi connectivity index (χ2n) is 8.00. The van der Waals surface area contributed by atoms with E-state index < -0.39 is 0 Å². The molecule has 1 fully saturated rings. The van der Waals surface area contributed by atoms with Crippen molar-refractivity contribution in [2.45, 2.75) is 79.1 Å². The molecule has 1 atom stereocenters. The Morgan fingerprint density at radius 1 is 1.14 bits per heavy atom. The van der Waals surface area contributed by atoms with Gasteiger partial charge in [0.25, 0.3) is 0 Å². The number of carbonyl (C=O) groups is 1. The number of rotatable bonds is 4. The fourth-order valence-electron chi connectivity index (χ4n) is 4.18. The Morgan fingerprint density at radius 3 is 2.45 bits per heavy atom. The van der Waals surface area contributed by atoms with Gasteiger partial charge in [0.2, 0.25) is 0 Å². The average molecular weight is 303 g/mol. The van der Waals surface area contributed by atoms with Crippen molar-refractivity contribution in [1.82, 2.24) is 0 Å². The SMILES string of the molecule is CC1=CCCC(C(=O)C(C)=CC2CCC(C(C)C)CC2)CC1. The van der Waals surface area contributed by atoms with Crippen LogP contribution in [0.1, 0.15) is 79.1 Å². The molecule has 0 heterocycles. The zero-order valence-corrected chi connectivity index (χ0v) is 15.0. The first-order chi connectivity index (χ1) is 10.5. The van der Waals surface area contributed by atoms with Crippen molar-refractivity contribution in [2.75, 3.05) is 0 Å². The quantitative estimate of drug-likeness (QED) is 0.453.